The number of phenols is 1. The van der Waals surface area contributed by atoms with Crippen LogP contribution in [0.15, 0.2) is 42.5 Å². The van der Waals surface area contributed by atoms with E-state index < -0.39 is 23.9 Å². The summed E-state index contributed by atoms with van der Waals surface area (Å²) in [6.07, 6.45) is -0.210. The van der Waals surface area contributed by atoms with Crippen molar-refractivity contribution in [2.75, 3.05) is 12.1 Å². The molecule has 28 heavy (non-hydrogen) atoms. The minimum atomic E-state index is -0.946. The fourth-order valence-corrected chi connectivity index (χ4v) is 3.07. The Morgan fingerprint density at radius 1 is 1.18 bits per heavy atom. The highest BCUT2D eigenvalue weighted by molar-refractivity contribution is 6.06. The number of phenolic OH excluding ortho intramolecular Hbond substituents is 1. The van der Waals surface area contributed by atoms with Crippen molar-refractivity contribution in [1.29, 1.82) is 0 Å². The van der Waals surface area contributed by atoms with Crippen molar-refractivity contribution in [3.63, 3.8) is 0 Å². The Labute approximate surface area is 159 Å². The molecule has 3 N–H and O–H groups in total. The summed E-state index contributed by atoms with van der Waals surface area (Å²) in [7, 11) is 0. The van der Waals surface area contributed by atoms with Crippen molar-refractivity contribution in [1.82, 2.24) is 10.2 Å². The van der Waals surface area contributed by atoms with Crippen molar-refractivity contribution in [2.24, 2.45) is 0 Å². The minimum Gasteiger partial charge on any atom is -0.508 e. The van der Waals surface area contributed by atoms with E-state index in [4.69, 9.17) is 9.47 Å². The molecule has 144 valence electrons. The molecule has 2 aromatic rings. The number of hydrogen-bond donors (Lipinski definition) is 3. The van der Waals surface area contributed by atoms with E-state index in [2.05, 4.69) is 10.6 Å². The van der Waals surface area contributed by atoms with Crippen LogP contribution in [0, 0.1) is 0 Å². The van der Waals surface area contributed by atoms with E-state index in [1.807, 2.05) is 0 Å². The minimum absolute atomic E-state index is 0.0120. The molecule has 2 aromatic carbocycles. The van der Waals surface area contributed by atoms with Crippen LogP contribution in [0.1, 0.15) is 12.0 Å². The van der Waals surface area contributed by atoms with Gasteiger partial charge in [-0.3, -0.25) is 14.5 Å². The lowest BCUT2D eigenvalue weighted by Crippen LogP contribution is -2.34. The summed E-state index contributed by atoms with van der Waals surface area (Å²) in [4.78, 5) is 38.0. The van der Waals surface area contributed by atoms with E-state index in [0.29, 0.717) is 22.7 Å². The molecule has 1 saturated heterocycles. The fraction of sp³-hybridized carbons (Fsp3) is 0.211. The summed E-state index contributed by atoms with van der Waals surface area (Å²) in [6.45, 7) is 0.199. The highest BCUT2D eigenvalue weighted by atomic mass is 16.7. The van der Waals surface area contributed by atoms with Crippen molar-refractivity contribution in [3.8, 4) is 17.2 Å². The summed E-state index contributed by atoms with van der Waals surface area (Å²) in [5, 5.41) is 14.5. The fourth-order valence-electron chi connectivity index (χ4n) is 3.07. The molecule has 2 aliphatic rings. The van der Waals surface area contributed by atoms with E-state index in [-0.39, 0.29) is 25.5 Å². The van der Waals surface area contributed by atoms with Crippen LogP contribution in [0.3, 0.4) is 0 Å². The van der Waals surface area contributed by atoms with Crippen LogP contribution in [0.2, 0.25) is 0 Å². The molecule has 0 aromatic heterocycles. The molecule has 9 heteroatoms. The second kappa shape index (κ2) is 7.10. The Morgan fingerprint density at radius 3 is 2.82 bits per heavy atom. The topological polar surface area (TPSA) is 117 Å². The molecule has 0 radical (unpaired) electrons. The molecule has 2 aliphatic heterocycles. The largest absolute Gasteiger partial charge is 0.508 e. The van der Waals surface area contributed by atoms with Crippen molar-refractivity contribution >= 4 is 23.5 Å². The van der Waals surface area contributed by atoms with E-state index in [0.717, 1.165) is 4.90 Å². The zero-order valence-electron chi connectivity index (χ0n) is 14.7. The predicted octanol–water partition coefficient (Wildman–Crippen LogP) is 1.57. The standard InChI is InChI=1S/C19H17N3O6/c23-13-3-1-2-12(7-13)20-17(24)8-14-18(25)22(19(26)21-14)9-11-4-5-15-16(6-11)28-10-27-15/h1-7,14,23H,8-10H2,(H,20,24)(H,21,26). The Kier molecular flexibility index (Phi) is 4.48. The van der Waals surface area contributed by atoms with Gasteiger partial charge in [0.05, 0.1) is 13.0 Å². The summed E-state index contributed by atoms with van der Waals surface area (Å²) in [5.74, 6) is 0.259. The molecule has 0 spiro atoms. The summed E-state index contributed by atoms with van der Waals surface area (Å²) >= 11 is 0. The van der Waals surface area contributed by atoms with Crippen molar-refractivity contribution < 1.29 is 29.0 Å². The first-order valence-electron chi connectivity index (χ1n) is 8.59. The van der Waals surface area contributed by atoms with Gasteiger partial charge in [-0.25, -0.2) is 4.79 Å². The van der Waals surface area contributed by atoms with Crippen LogP contribution in [0.5, 0.6) is 17.2 Å². The molecular formula is C19H17N3O6. The van der Waals surface area contributed by atoms with E-state index >= 15 is 0 Å². The smallest absolute Gasteiger partial charge is 0.325 e. The first kappa shape index (κ1) is 17.7. The molecule has 1 unspecified atom stereocenters. The number of carbonyl (C=O) groups excluding carboxylic acids is 3. The number of fused-ring (bicyclic) bond motifs is 1. The molecule has 0 aliphatic carbocycles. The molecule has 0 saturated carbocycles. The average Bonchev–Trinajstić information content (AvgIpc) is 3.21. The van der Waals surface area contributed by atoms with Gasteiger partial charge in [0, 0.05) is 11.8 Å². The number of aromatic hydroxyl groups is 1. The quantitative estimate of drug-likeness (QED) is 0.675. The Hall–Kier alpha value is -3.75. The number of rotatable bonds is 5. The lowest BCUT2D eigenvalue weighted by Gasteiger charge is -2.13. The summed E-state index contributed by atoms with van der Waals surface area (Å²) in [6, 6.07) is 9.73. The monoisotopic (exact) mass is 383 g/mol. The van der Waals surface area contributed by atoms with Crippen LogP contribution < -0.4 is 20.1 Å². The molecule has 9 nitrogen and oxygen atoms in total. The maximum Gasteiger partial charge on any atom is 0.325 e. The van der Waals surface area contributed by atoms with Gasteiger partial charge < -0.3 is 25.2 Å². The van der Waals surface area contributed by atoms with Crippen LogP contribution in [0.25, 0.3) is 0 Å². The number of carbonyl (C=O) groups is 3. The summed E-state index contributed by atoms with van der Waals surface area (Å²) in [5.41, 5.74) is 1.11. The first-order valence-corrected chi connectivity index (χ1v) is 8.59. The van der Waals surface area contributed by atoms with Gasteiger partial charge in [0.15, 0.2) is 11.5 Å². The number of nitrogens with one attached hydrogen (secondary N) is 2. The van der Waals surface area contributed by atoms with Gasteiger partial charge in [-0.1, -0.05) is 12.1 Å². The maximum atomic E-state index is 12.6. The zero-order chi connectivity index (χ0) is 19.7. The molecular weight excluding hydrogens is 366 g/mol. The number of nitrogens with zero attached hydrogens (tertiary/aromatic N) is 1. The van der Waals surface area contributed by atoms with Gasteiger partial charge in [-0.2, -0.15) is 0 Å². The number of anilines is 1. The highest BCUT2D eigenvalue weighted by Crippen LogP contribution is 2.33. The number of amides is 4. The molecule has 2 heterocycles. The van der Waals surface area contributed by atoms with Crippen LogP contribution in [-0.4, -0.2) is 40.7 Å². The van der Waals surface area contributed by atoms with Gasteiger partial charge >= 0.3 is 6.03 Å². The molecule has 0 bridgehead atoms. The number of hydrogen-bond acceptors (Lipinski definition) is 6. The zero-order valence-corrected chi connectivity index (χ0v) is 14.7. The highest BCUT2D eigenvalue weighted by Gasteiger charge is 2.39. The van der Waals surface area contributed by atoms with Crippen LogP contribution >= 0.6 is 0 Å². The molecule has 1 fully saturated rings. The van der Waals surface area contributed by atoms with E-state index in [9.17, 15) is 19.5 Å². The Bertz CT molecular complexity index is 960. The molecule has 4 rings (SSSR count). The Balaban J connectivity index is 1.39. The molecule has 4 amide bonds. The summed E-state index contributed by atoms with van der Waals surface area (Å²) < 4.78 is 10.5. The lowest BCUT2D eigenvalue weighted by atomic mass is 10.1. The SMILES string of the molecule is O=C(CC1NC(=O)N(Cc2ccc3c(c2)OCO3)C1=O)Nc1cccc(O)c1. The van der Waals surface area contributed by atoms with Crippen LogP contribution in [-0.2, 0) is 16.1 Å². The number of urea groups is 1. The van der Waals surface area contributed by atoms with Crippen LogP contribution in [0.4, 0.5) is 10.5 Å². The maximum absolute atomic E-state index is 12.6. The van der Waals surface area contributed by atoms with Gasteiger partial charge in [0.2, 0.25) is 12.7 Å². The normalized spacial score (nSPS) is 17.6. The second-order valence-corrected chi connectivity index (χ2v) is 6.42. The van der Waals surface area contributed by atoms with Gasteiger partial charge in [0.1, 0.15) is 11.8 Å². The van der Waals surface area contributed by atoms with Gasteiger partial charge in [-0.15, -0.1) is 0 Å². The third kappa shape index (κ3) is 3.54. The number of benzene rings is 2. The Morgan fingerprint density at radius 2 is 2.00 bits per heavy atom. The number of imide groups is 1. The van der Waals surface area contributed by atoms with Crippen molar-refractivity contribution in [3.05, 3.63) is 48.0 Å². The third-order valence-electron chi connectivity index (χ3n) is 4.40. The number of ether oxygens (including phenoxy) is 2. The lowest BCUT2D eigenvalue weighted by molar-refractivity contribution is -0.130. The second-order valence-electron chi connectivity index (χ2n) is 6.42. The van der Waals surface area contributed by atoms with Crippen molar-refractivity contribution in [2.45, 2.75) is 19.0 Å². The predicted molar refractivity (Wildman–Crippen MR) is 96.8 cm³/mol. The average molecular weight is 383 g/mol. The van der Waals surface area contributed by atoms with Gasteiger partial charge in [0.25, 0.3) is 5.91 Å². The molecule has 1 atom stereocenters. The van der Waals surface area contributed by atoms with E-state index in [1.54, 1.807) is 30.3 Å². The first-order chi connectivity index (χ1) is 13.5. The third-order valence-corrected chi connectivity index (χ3v) is 4.40. The van der Waals surface area contributed by atoms with E-state index in [1.165, 1.54) is 12.1 Å². The van der Waals surface area contributed by atoms with Gasteiger partial charge in [-0.05, 0) is 29.8 Å².